The average molecular weight is 636 g/mol. The van der Waals surface area contributed by atoms with Crippen molar-refractivity contribution in [3.05, 3.63) is 78.4 Å². The van der Waals surface area contributed by atoms with Crippen LogP contribution < -0.4 is 4.74 Å². The molecule has 2 aromatic carbocycles. The van der Waals surface area contributed by atoms with E-state index in [1.165, 1.54) is 0 Å². The summed E-state index contributed by atoms with van der Waals surface area (Å²) in [4.78, 5) is 7.23. The second-order valence-corrected chi connectivity index (χ2v) is 14.7. The minimum Gasteiger partial charge on any atom is -0.508 e. The number of allylic oxidation sites excluding steroid dienone is 1. The Morgan fingerprint density at radius 3 is 2.47 bits per heavy atom. The lowest BCUT2D eigenvalue weighted by molar-refractivity contribution is -0.223. The number of rotatable bonds is 14. The van der Waals surface area contributed by atoms with Crippen LogP contribution >= 0.6 is 11.8 Å². The zero-order valence-corrected chi connectivity index (χ0v) is 27.7. The number of nitrogens with zero attached hydrogens (tertiary/aromatic N) is 1. The molecule has 0 saturated heterocycles. The normalized spacial score (nSPS) is 28.1. The summed E-state index contributed by atoms with van der Waals surface area (Å²) in [6, 6.07) is 15.8. The highest BCUT2D eigenvalue weighted by Crippen LogP contribution is 2.63. The summed E-state index contributed by atoms with van der Waals surface area (Å²) in [6.07, 6.45) is 9.83. The standard InChI is InChI=1S/C37H49NO6S/c1-5-21-42-37-33(45-27-14-7-6-8-15-27)24-31(38-44-36(2,3)4)29-22-25(13-9-11-19-39)28(16-10-12-20-40)34(35(29)37)30-23-26(41)17-18-32(30)43-37/h5-8,14-15,17-18,22-23,25,28,33-35,39-41H,1,9-13,16,19-21,24H2,2-4H3. The third-order valence-corrected chi connectivity index (χ3v) is 10.4. The fourth-order valence-corrected chi connectivity index (χ4v) is 8.60. The smallest absolute Gasteiger partial charge is 0.231 e. The first-order valence-electron chi connectivity index (χ1n) is 16.4. The molecule has 7 nitrogen and oxygen atoms in total. The molecule has 6 atom stereocenters. The van der Waals surface area contributed by atoms with Gasteiger partial charge in [0.2, 0.25) is 5.79 Å². The Kier molecular flexibility index (Phi) is 11.0. The number of hydrogen-bond acceptors (Lipinski definition) is 8. The molecule has 45 heavy (non-hydrogen) atoms. The highest BCUT2D eigenvalue weighted by atomic mass is 32.2. The Morgan fingerprint density at radius 1 is 1.04 bits per heavy atom. The van der Waals surface area contributed by atoms with Crippen molar-refractivity contribution in [2.24, 2.45) is 22.9 Å². The van der Waals surface area contributed by atoms with Gasteiger partial charge in [0.1, 0.15) is 17.1 Å². The highest BCUT2D eigenvalue weighted by Gasteiger charge is 2.64. The van der Waals surface area contributed by atoms with Crippen molar-refractivity contribution in [2.75, 3.05) is 19.8 Å². The molecular formula is C37H49NO6S. The van der Waals surface area contributed by atoms with Gasteiger partial charge in [-0.25, -0.2) is 0 Å². The molecule has 1 fully saturated rings. The zero-order valence-electron chi connectivity index (χ0n) is 26.9. The van der Waals surface area contributed by atoms with Gasteiger partial charge in [-0.05, 0) is 94.2 Å². The van der Waals surface area contributed by atoms with Gasteiger partial charge in [-0.1, -0.05) is 48.3 Å². The highest BCUT2D eigenvalue weighted by molar-refractivity contribution is 8.00. The lowest BCUT2D eigenvalue weighted by Gasteiger charge is -2.58. The SMILES string of the molecule is C=CCOC12Oc3ccc(O)cc3C3C(CCCCO)C(CCCCO)C=C(C(=NOC(C)(C)C)CC1Sc1ccccc1)C32. The predicted octanol–water partition coefficient (Wildman–Crippen LogP) is 7.62. The van der Waals surface area contributed by atoms with Crippen molar-refractivity contribution in [3.63, 3.8) is 0 Å². The number of unbranched alkanes of at least 4 members (excludes halogenated alkanes) is 2. The lowest BCUT2D eigenvalue weighted by Crippen LogP contribution is -2.64. The van der Waals surface area contributed by atoms with Crippen molar-refractivity contribution in [2.45, 2.75) is 93.2 Å². The number of phenols is 1. The molecule has 244 valence electrons. The predicted molar refractivity (Wildman–Crippen MR) is 180 cm³/mol. The van der Waals surface area contributed by atoms with Gasteiger partial charge in [0.25, 0.3) is 0 Å². The maximum atomic E-state index is 10.8. The van der Waals surface area contributed by atoms with E-state index in [0.29, 0.717) is 13.0 Å². The van der Waals surface area contributed by atoms with Crippen LogP contribution in [0.5, 0.6) is 11.5 Å². The van der Waals surface area contributed by atoms with Crippen molar-refractivity contribution < 1.29 is 29.6 Å². The minimum atomic E-state index is -1.04. The largest absolute Gasteiger partial charge is 0.508 e. The van der Waals surface area contributed by atoms with Gasteiger partial charge in [0, 0.05) is 36.0 Å². The summed E-state index contributed by atoms with van der Waals surface area (Å²) in [7, 11) is 0. The van der Waals surface area contributed by atoms with E-state index in [1.807, 2.05) is 51.1 Å². The summed E-state index contributed by atoms with van der Waals surface area (Å²) in [5.41, 5.74) is 2.50. The second-order valence-electron chi connectivity index (χ2n) is 13.4. The number of ether oxygens (including phenoxy) is 2. The first kappa shape index (κ1) is 33.6. The fourth-order valence-electron chi connectivity index (χ4n) is 7.29. The molecule has 0 amide bonds. The Bertz CT molecular complexity index is 1350. The van der Waals surface area contributed by atoms with E-state index in [2.05, 4.69) is 24.8 Å². The van der Waals surface area contributed by atoms with Gasteiger partial charge >= 0.3 is 0 Å². The molecule has 8 heteroatoms. The van der Waals surface area contributed by atoms with Gasteiger partial charge in [-0.3, -0.25) is 0 Å². The number of fused-ring (bicyclic) bond motifs is 2. The third-order valence-electron chi connectivity index (χ3n) is 9.08. The van der Waals surface area contributed by atoms with Crippen molar-refractivity contribution in [1.29, 1.82) is 0 Å². The Labute approximate surface area is 272 Å². The number of oxime groups is 1. The molecule has 6 unspecified atom stereocenters. The van der Waals surface area contributed by atoms with Gasteiger partial charge in [-0.15, -0.1) is 18.3 Å². The number of hydrogen-bond donors (Lipinski definition) is 3. The Morgan fingerprint density at radius 2 is 1.78 bits per heavy atom. The molecule has 0 radical (unpaired) electrons. The van der Waals surface area contributed by atoms with Gasteiger partial charge < -0.3 is 29.6 Å². The molecular weight excluding hydrogens is 586 g/mol. The van der Waals surface area contributed by atoms with Crippen molar-refractivity contribution >= 4 is 17.5 Å². The summed E-state index contributed by atoms with van der Waals surface area (Å²) >= 11 is 1.74. The number of thioether (sulfide) groups is 1. The summed E-state index contributed by atoms with van der Waals surface area (Å²) in [5.74, 6) is 0.0296. The van der Waals surface area contributed by atoms with Crippen molar-refractivity contribution in [1.82, 2.24) is 0 Å². The molecule has 1 heterocycles. The minimum absolute atomic E-state index is 0.0394. The first-order chi connectivity index (χ1) is 21.7. The van der Waals surface area contributed by atoms with E-state index in [4.69, 9.17) is 19.5 Å². The van der Waals surface area contributed by atoms with E-state index in [0.717, 1.165) is 66.0 Å². The quantitative estimate of drug-likeness (QED) is 0.112. The number of aliphatic hydroxyl groups excluding tert-OH is 2. The molecule has 5 rings (SSSR count). The topological polar surface area (TPSA) is 101 Å². The Hall–Kier alpha value is -2.78. The molecule has 1 aliphatic heterocycles. The summed E-state index contributed by atoms with van der Waals surface area (Å²) in [6.45, 7) is 10.6. The van der Waals surface area contributed by atoms with Crippen LogP contribution in [0.15, 0.2) is 82.9 Å². The lowest BCUT2D eigenvalue weighted by atomic mass is 9.56. The first-order valence-corrected chi connectivity index (χ1v) is 17.3. The maximum Gasteiger partial charge on any atom is 0.231 e. The average Bonchev–Trinajstić information content (AvgIpc) is 3.02. The number of aromatic hydroxyl groups is 1. The van der Waals surface area contributed by atoms with Crippen LogP contribution in [0.1, 0.15) is 77.2 Å². The van der Waals surface area contributed by atoms with Crippen LogP contribution in [0.2, 0.25) is 0 Å². The molecule has 2 aliphatic carbocycles. The number of aliphatic hydroxyl groups is 2. The summed E-state index contributed by atoms with van der Waals surface area (Å²) in [5, 5.41) is 34.8. The number of phenolic OH excluding ortho intramolecular Hbond substituents is 1. The molecule has 1 saturated carbocycles. The summed E-state index contributed by atoms with van der Waals surface area (Å²) < 4.78 is 14.0. The molecule has 0 bridgehead atoms. The van der Waals surface area contributed by atoms with E-state index >= 15 is 0 Å². The molecule has 0 spiro atoms. The van der Waals surface area contributed by atoms with E-state index < -0.39 is 11.4 Å². The van der Waals surface area contributed by atoms with Gasteiger partial charge in [0.05, 0.1) is 23.5 Å². The number of benzene rings is 2. The van der Waals surface area contributed by atoms with Crippen LogP contribution in [-0.4, -0.2) is 57.5 Å². The van der Waals surface area contributed by atoms with Crippen LogP contribution in [0.4, 0.5) is 0 Å². The molecule has 2 aromatic rings. The molecule has 3 aliphatic rings. The van der Waals surface area contributed by atoms with Gasteiger partial charge in [-0.2, -0.15) is 0 Å². The van der Waals surface area contributed by atoms with E-state index in [9.17, 15) is 15.3 Å². The molecule has 3 N–H and O–H groups in total. The Balaban J connectivity index is 1.74. The zero-order chi connectivity index (χ0) is 32.0. The maximum absolute atomic E-state index is 10.8. The third kappa shape index (κ3) is 7.46. The van der Waals surface area contributed by atoms with Gasteiger partial charge in [0.15, 0.2) is 0 Å². The van der Waals surface area contributed by atoms with Crippen LogP contribution in [0.3, 0.4) is 0 Å². The van der Waals surface area contributed by atoms with E-state index in [-0.39, 0.29) is 47.9 Å². The monoisotopic (exact) mass is 635 g/mol. The van der Waals surface area contributed by atoms with Crippen LogP contribution in [-0.2, 0) is 9.57 Å². The van der Waals surface area contributed by atoms with E-state index in [1.54, 1.807) is 23.9 Å². The van der Waals surface area contributed by atoms with Crippen LogP contribution in [0.25, 0.3) is 0 Å². The van der Waals surface area contributed by atoms with Crippen molar-refractivity contribution in [3.8, 4) is 11.5 Å². The molecule has 0 aromatic heterocycles. The fraction of sp³-hybridized carbons (Fsp3) is 0.541. The van der Waals surface area contributed by atoms with Crippen LogP contribution in [0, 0.1) is 17.8 Å². The second kappa shape index (κ2) is 14.8.